The second kappa shape index (κ2) is 2.07. The zero-order chi connectivity index (χ0) is 7.14. The molecular formula is C6H5BrN2S. The van der Waals surface area contributed by atoms with Gasteiger partial charge in [-0.2, -0.15) is 5.10 Å². The van der Waals surface area contributed by atoms with E-state index in [0.29, 0.717) is 0 Å². The summed E-state index contributed by atoms with van der Waals surface area (Å²) in [5.74, 6) is 0. The van der Waals surface area contributed by atoms with Crippen LogP contribution in [0.15, 0.2) is 9.98 Å². The molecule has 10 heavy (non-hydrogen) atoms. The summed E-state index contributed by atoms with van der Waals surface area (Å²) >= 11 is 5.08. The van der Waals surface area contributed by atoms with Crippen LogP contribution in [-0.4, -0.2) is 10.2 Å². The van der Waals surface area contributed by atoms with Crippen molar-refractivity contribution in [2.24, 2.45) is 0 Å². The molecule has 0 aliphatic rings. The van der Waals surface area contributed by atoms with E-state index in [-0.39, 0.29) is 0 Å². The van der Waals surface area contributed by atoms with Crippen LogP contribution >= 0.6 is 27.3 Å². The minimum Gasteiger partial charge on any atom is -0.269 e. The third-order valence-corrected chi connectivity index (χ3v) is 3.35. The van der Waals surface area contributed by atoms with Crippen molar-refractivity contribution < 1.29 is 0 Å². The molecule has 0 fully saturated rings. The molecule has 0 saturated heterocycles. The molecule has 0 spiro atoms. The van der Waals surface area contributed by atoms with E-state index in [1.807, 2.05) is 0 Å². The van der Waals surface area contributed by atoms with Gasteiger partial charge in [-0.25, -0.2) is 0 Å². The van der Waals surface area contributed by atoms with Crippen molar-refractivity contribution in [3.05, 3.63) is 15.5 Å². The fraction of sp³-hybridized carbons (Fsp3) is 0.167. The first-order valence-corrected chi connectivity index (χ1v) is 4.54. The zero-order valence-corrected chi connectivity index (χ0v) is 7.71. The number of halogens is 1. The Morgan fingerprint density at radius 1 is 1.70 bits per heavy atom. The predicted octanol–water partition coefficient (Wildman–Crippen LogP) is 2.70. The number of aromatic amines is 1. The maximum absolute atomic E-state index is 4.12. The number of aryl methyl sites for hydroxylation is 1. The van der Waals surface area contributed by atoms with Crippen LogP contribution in [0.5, 0.6) is 0 Å². The average Bonchev–Trinajstić information content (AvgIpc) is 2.41. The fourth-order valence-corrected chi connectivity index (χ4v) is 2.32. The molecule has 1 N–H and O–H groups in total. The highest BCUT2D eigenvalue weighted by Gasteiger charge is 2.05. The molecule has 0 aliphatic heterocycles. The lowest BCUT2D eigenvalue weighted by atomic mass is 10.3. The van der Waals surface area contributed by atoms with Crippen LogP contribution in [0.4, 0.5) is 0 Å². The monoisotopic (exact) mass is 216 g/mol. The lowest BCUT2D eigenvalue weighted by Crippen LogP contribution is -1.67. The van der Waals surface area contributed by atoms with Crippen molar-refractivity contribution in [2.45, 2.75) is 6.92 Å². The Labute approximate surface area is 70.4 Å². The second-order valence-corrected chi connectivity index (χ2v) is 3.81. The van der Waals surface area contributed by atoms with Gasteiger partial charge >= 0.3 is 0 Å². The molecule has 0 aromatic carbocycles. The summed E-state index contributed by atoms with van der Waals surface area (Å²) in [5, 5.41) is 9.10. The topological polar surface area (TPSA) is 28.7 Å². The number of rotatable bonds is 0. The highest BCUT2D eigenvalue weighted by molar-refractivity contribution is 9.10. The summed E-state index contributed by atoms with van der Waals surface area (Å²) < 4.78 is 2.19. The zero-order valence-electron chi connectivity index (χ0n) is 5.31. The first-order chi connectivity index (χ1) is 4.79. The Morgan fingerprint density at radius 2 is 2.50 bits per heavy atom. The van der Waals surface area contributed by atoms with Gasteiger partial charge in [0, 0.05) is 0 Å². The summed E-state index contributed by atoms with van der Waals surface area (Å²) in [6.45, 7) is 2.06. The highest BCUT2D eigenvalue weighted by atomic mass is 79.9. The van der Waals surface area contributed by atoms with E-state index in [0.717, 1.165) is 10.1 Å². The van der Waals surface area contributed by atoms with Crippen molar-refractivity contribution in [1.82, 2.24) is 10.2 Å². The van der Waals surface area contributed by atoms with E-state index in [1.54, 1.807) is 11.3 Å². The normalized spacial score (nSPS) is 11.0. The predicted molar refractivity (Wildman–Crippen MR) is 46.4 cm³/mol. The minimum atomic E-state index is 0.987. The minimum absolute atomic E-state index is 0.987. The molecule has 2 aromatic rings. The molecule has 4 heteroatoms. The van der Waals surface area contributed by atoms with Gasteiger partial charge in [-0.3, -0.25) is 5.10 Å². The van der Waals surface area contributed by atoms with Gasteiger partial charge in [-0.05, 0) is 33.8 Å². The highest BCUT2D eigenvalue weighted by Crippen LogP contribution is 2.28. The summed E-state index contributed by atoms with van der Waals surface area (Å²) in [5.41, 5.74) is 2.32. The number of hydrogen-bond donors (Lipinski definition) is 1. The molecule has 2 rings (SSSR count). The fourth-order valence-electron chi connectivity index (χ4n) is 0.888. The average molecular weight is 217 g/mol. The van der Waals surface area contributed by atoms with Gasteiger partial charge in [0.2, 0.25) is 0 Å². The summed E-state index contributed by atoms with van der Waals surface area (Å²) in [4.78, 5) is 0. The van der Waals surface area contributed by atoms with Crippen molar-refractivity contribution in [3.8, 4) is 0 Å². The smallest absolute Gasteiger partial charge is 0.118 e. The molecule has 0 atom stereocenters. The van der Waals surface area contributed by atoms with E-state index >= 15 is 0 Å². The molecule has 2 nitrogen and oxygen atoms in total. The number of nitrogens with zero attached hydrogens (tertiary/aromatic N) is 1. The van der Waals surface area contributed by atoms with Gasteiger partial charge in [-0.1, -0.05) is 0 Å². The third-order valence-electron chi connectivity index (χ3n) is 1.41. The maximum Gasteiger partial charge on any atom is 0.118 e. The largest absolute Gasteiger partial charge is 0.269 e. The van der Waals surface area contributed by atoms with Crippen molar-refractivity contribution in [2.75, 3.05) is 0 Å². The number of aromatic nitrogens is 2. The van der Waals surface area contributed by atoms with Crippen LogP contribution < -0.4 is 0 Å². The van der Waals surface area contributed by atoms with Gasteiger partial charge < -0.3 is 0 Å². The molecule has 0 unspecified atom stereocenters. The Bertz CT molecular complexity index is 327. The summed E-state index contributed by atoms with van der Waals surface area (Å²) in [7, 11) is 0. The maximum atomic E-state index is 4.12. The van der Waals surface area contributed by atoms with Gasteiger partial charge in [0.25, 0.3) is 0 Å². The number of nitrogens with one attached hydrogen (secondary N) is 1. The van der Waals surface area contributed by atoms with Crippen LogP contribution in [-0.2, 0) is 0 Å². The molecule has 0 saturated carbocycles. The second-order valence-electron chi connectivity index (χ2n) is 2.13. The van der Waals surface area contributed by atoms with Crippen molar-refractivity contribution in [1.29, 1.82) is 0 Å². The molecule has 52 valence electrons. The third kappa shape index (κ3) is 0.722. The van der Waals surface area contributed by atoms with Crippen molar-refractivity contribution >= 4 is 37.5 Å². The SMILES string of the molecule is Cc1csc2c(Br)[nH]nc12. The Kier molecular flexibility index (Phi) is 1.32. The molecule has 0 bridgehead atoms. The number of hydrogen-bond acceptors (Lipinski definition) is 2. The Hall–Kier alpha value is -0.350. The molecule has 2 aromatic heterocycles. The standard InChI is InChI=1S/C6H5BrN2S/c1-3-2-10-5-4(3)8-9-6(5)7/h2H,1H3,(H,8,9). The van der Waals surface area contributed by atoms with Crippen LogP contribution in [0.25, 0.3) is 10.2 Å². The number of thiophene rings is 1. The first kappa shape index (κ1) is 6.37. The quantitative estimate of drug-likeness (QED) is 0.722. The molecular weight excluding hydrogens is 212 g/mol. The van der Waals surface area contributed by atoms with Gasteiger partial charge in [0.1, 0.15) is 10.1 Å². The van der Waals surface area contributed by atoms with Gasteiger partial charge in [-0.15, -0.1) is 11.3 Å². The first-order valence-electron chi connectivity index (χ1n) is 2.86. The number of fused-ring (bicyclic) bond motifs is 1. The molecule has 2 heterocycles. The van der Waals surface area contributed by atoms with Crippen molar-refractivity contribution in [3.63, 3.8) is 0 Å². The molecule has 0 amide bonds. The lowest BCUT2D eigenvalue weighted by Gasteiger charge is -1.74. The van der Waals surface area contributed by atoms with E-state index < -0.39 is 0 Å². The number of H-pyrrole nitrogens is 1. The molecule has 0 aliphatic carbocycles. The van der Waals surface area contributed by atoms with E-state index in [9.17, 15) is 0 Å². The van der Waals surface area contributed by atoms with E-state index in [2.05, 4.69) is 38.4 Å². The summed E-state index contributed by atoms with van der Waals surface area (Å²) in [6, 6.07) is 0. The Balaban J connectivity index is 2.95. The summed E-state index contributed by atoms with van der Waals surface area (Å²) in [6.07, 6.45) is 0. The lowest BCUT2D eigenvalue weighted by molar-refractivity contribution is 1.09. The van der Waals surface area contributed by atoms with Crippen LogP contribution in [0.2, 0.25) is 0 Å². The van der Waals surface area contributed by atoms with Crippen LogP contribution in [0, 0.1) is 6.92 Å². The van der Waals surface area contributed by atoms with Crippen LogP contribution in [0.1, 0.15) is 5.56 Å². The van der Waals surface area contributed by atoms with Crippen LogP contribution in [0.3, 0.4) is 0 Å². The van der Waals surface area contributed by atoms with Gasteiger partial charge in [0.15, 0.2) is 0 Å². The molecule has 0 radical (unpaired) electrons. The Morgan fingerprint density at radius 3 is 3.20 bits per heavy atom. The van der Waals surface area contributed by atoms with Gasteiger partial charge in [0.05, 0.1) is 4.70 Å². The van der Waals surface area contributed by atoms with E-state index in [1.165, 1.54) is 10.3 Å². The van der Waals surface area contributed by atoms with E-state index in [4.69, 9.17) is 0 Å².